The first kappa shape index (κ1) is 24.7. The van der Waals surface area contributed by atoms with Crippen LogP contribution in [-0.4, -0.2) is 59.8 Å². The zero-order valence-electron chi connectivity index (χ0n) is 19.9. The van der Waals surface area contributed by atoms with Crippen LogP contribution in [0.25, 0.3) is 0 Å². The van der Waals surface area contributed by atoms with Crippen LogP contribution in [0.3, 0.4) is 0 Å². The van der Waals surface area contributed by atoms with Crippen molar-refractivity contribution < 1.29 is 14.6 Å². The minimum Gasteiger partial charge on any atom is -0.493 e. The second kappa shape index (κ2) is 12.9. The number of rotatable bonds is 13. The van der Waals surface area contributed by atoms with Crippen LogP contribution in [0.1, 0.15) is 23.6 Å². The number of nitrogens with zero attached hydrogens (tertiary/aromatic N) is 3. The van der Waals surface area contributed by atoms with Gasteiger partial charge in [0.1, 0.15) is 12.7 Å². The van der Waals surface area contributed by atoms with Crippen molar-refractivity contribution in [3.05, 3.63) is 89.7 Å². The van der Waals surface area contributed by atoms with Gasteiger partial charge in [-0.25, -0.2) is 0 Å². The van der Waals surface area contributed by atoms with Gasteiger partial charge in [-0.3, -0.25) is 14.8 Å². The fourth-order valence-corrected chi connectivity index (χ4v) is 3.77. The molecule has 1 unspecified atom stereocenters. The van der Waals surface area contributed by atoms with E-state index in [1.54, 1.807) is 7.11 Å². The van der Waals surface area contributed by atoms with Crippen molar-refractivity contribution in [1.82, 2.24) is 14.8 Å². The summed E-state index contributed by atoms with van der Waals surface area (Å²) < 4.78 is 11.5. The molecular formula is C27H35N3O3. The summed E-state index contributed by atoms with van der Waals surface area (Å²) in [7, 11) is 3.63. The molecule has 0 aliphatic carbocycles. The fourth-order valence-electron chi connectivity index (χ4n) is 3.77. The number of aliphatic hydroxyl groups excluding tert-OH is 1. The fraction of sp³-hybridized carbons (Fsp3) is 0.370. The van der Waals surface area contributed by atoms with Crippen LogP contribution < -0.4 is 9.47 Å². The van der Waals surface area contributed by atoms with E-state index in [2.05, 4.69) is 39.9 Å². The lowest BCUT2D eigenvalue weighted by molar-refractivity contribution is 0.0732. The van der Waals surface area contributed by atoms with Crippen molar-refractivity contribution >= 4 is 0 Å². The number of ether oxygens (including phenoxy) is 2. The molecule has 3 aromatic rings. The van der Waals surface area contributed by atoms with Crippen LogP contribution in [0.15, 0.2) is 73.1 Å². The van der Waals surface area contributed by atoms with Crippen LogP contribution in [-0.2, 0) is 19.6 Å². The highest BCUT2D eigenvalue weighted by molar-refractivity contribution is 5.43. The molecule has 0 spiro atoms. The smallest absolute Gasteiger partial charge is 0.161 e. The predicted octanol–water partition coefficient (Wildman–Crippen LogP) is 3.98. The first-order valence-electron chi connectivity index (χ1n) is 11.4. The van der Waals surface area contributed by atoms with Crippen LogP contribution in [0, 0.1) is 0 Å². The van der Waals surface area contributed by atoms with Gasteiger partial charge in [-0.05, 0) is 54.5 Å². The molecule has 6 nitrogen and oxygen atoms in total. The zero-order valence-corrected chi connectivity index (χ0v) is 19.9. The molecule has 0 aliphatic heterocycles. The molecule has 0 saturated heterocycles. The van der Waals surface area contributed by atoms with Crippen molar-refractivity contribution in [3.8, 4) is 11.5 Å². The van der Waals surface area contributed by atoms with E-state index in [-0.39, 0.29) is 6.61 Å². The third kappa shape index (κ3) is 8.17. The van der Waals surface area contributed by atoms with E-state index in [4.69, 9.17) is 9.47 Å². The molecule has 1 aromatic heterocycles. The monoisotopic (exact) mass is 449 g/mol. The number of benzene rings is 2. The van der Waals surface area contributed by atoms with Gasteiger partial charge in [0.25, 0.3) is 0 Å². The third-order valence-electron chi connectivity index (χ3n) is 5.49. The van der Waals surface area contributed by atoms with Gasteiger partial charge in [0.05, 0.1) is 7.11 Å². The van der Waals surface area contributed by atoms with E-state index < -0.39 is 6.10 Å². The van der Waals surface area contributed by atoms with Crippen LogP contribution >= 0.6 is 0 Å². The van der Waals surface area contributed by atoms with Gasteiger partial charge in [0, 0.05) is 38.6 Å². The molecule has 0 bridgehead atoms. The van der Waals surface area contributed by atoms with E-state index >= 15 is 0 Å². The Labute approximate surface area is 197 Å². The number of likely N-dealkylation sites (N-methyl/N-ethyl adjacent to an activating group) is 1. The Morgan fingerprint density at radius 3 is 2.27 bits per heavy atom. The number of hydrogen-bond acceptors (Lipinski definition) is 6. The normalized spacial score (nSPS) is 12.2. The zero-order chi connectivity index (χ0) is 23.5. The average molecular weight is 450 g/mol. The molecule has 1 heterocycles. The summed E-state index contributed by atoms with van der Waals surface area (Å²) in [4.78, 5) is 8.54. The lowest BCUT2D eigenvalue weighted by atomic mass is 10.1. The number of aliphatic hydroxyl groups is 1. The Morgan fingerprint density at radius 1 is 0.879 bits per heavy atom. The SMILES string of the molecule is CCN(Cc1ccncc1)Cc1ccc(OC)c(OCC(O)CN(C)Cc2ccccc2)c1. The lowest BCUT2D eigenvalue weighted by Crippen LogP contribution is -2.32. The van der Waals surface area contributed by atoms with Gasteiger partial charge in [-0.15, -0.1) is 0 Å². The Kier molecular flexibility index (Phi) is 9.69. The van der Waals surface area contributed by atoms with Crippen molar-refractivity contribution in [3.63, 3.8) is 0 Å². The minimum atomic E-state index is -0.606. The summed E-state index contributed by atoms with van der Waals surface area (Å²) in [6.45, 7) is 6.23. The van der Waals surface area contributed by atoms with E-state index in [9.17, 15) is 5.11 Å². The molecule has 0 amide bonds. The number of methoxy groups -OCH3 is 1. The lowest BCUT2D eigenvalue weighted by Gasteiger charge is -2.23. The topological polar surface area (TPSA) is 58.1 Å². The van der Waals surface area contributed by atoms with E-state index in [1.807, 2.05) is 61.9 Å². The van der Waals surface area contributed by atoms with Crippen molar-refractivity contribution in [2.24, 2.45) is 0 Å². The van der Waals surface area contributed by atoms with Crippen molar-refractivity contribution in [1.29, 1.82) is 0 Å². The Bertz CT molecular complexity index is 953. The van der Waals surface area contributed by atoms with Crippen molar-refractivity contribution in [2.75, 3.05) is 33.9 Å². The Morgan fingerprint density at radius 2 is 1.58 bits per heavy atom. The molecule has 3 rings (SSSR count). The van der Waals surface area contributed by atoms with Gasteiger partial charge in [-0.1, -0.05) is 43.3 Å². The van der Waals surface area contributed by atoms with Gasteiger partial charge in [0.15, 0.2) is 11.5 Å². The van der Waals surface area contributed by atoms with Crippen LogP contribution in [0.5, 0.6) is 11.5 Å². The van der Waals surface area contributed by atoms with Gasteiger partial charge < -0.3 is 14.6 Å². The molecule has 33 heavy (non-hydrogen) atoms. The highest BCUT2D eigenvalue weighted by Crippen LogP contribution is 2.29. The quantitative estimate of drug-likeness (QED) is 0.426. The molecular weight excluding hydrogens is 414 g/mol. The van der Waals surface area contributed by atoms with E-state index in [0.29, 0.717) is 18.0 Å². The average Bonchev–Trinajstić information content (AvgIpc) is 2.83. The van der Waals surface area contributed by atoms with Crippen LogP contribution in [0.4, 0.5) is 0 Å². The molecule has 1 N–H and O–H groups in total. The maximum Gasteiger partial charge on any atom is 0.161 e. The largest absolute Gasteiger partial charge is 0.493 e. The van der Waals surface area contributed by atoms with Crippen molar-refractivity contribution in [2.45, 2.75) is 32.7 Å². The maximum atomic E-state index is 10.5. The maximum absolute atomic E-state index is 10.5. The summed E-state index contributed by atoms with van der Waals surface area (Å²) in [5.74, 6) is 1.32. The van der Waals surface area contributed by atoms with Gasteiger partial charge >= 0.3 is 0 Å². The number of hydrogen-bond donors (Lipinski definition) is 1. The summed E-state index contributed by atoms with van der Waals surface area (Å²) in [6.07, 6.45) is 3.04. The Balaban J connectivity index is 1.56. The summed E-state index contributed by atoms with van der Waals surface area (Å²) in [5.41, 5.74) is 3.59. The molecule has 0 fully saturated rings. The molecule has 0 aliphatic rings. The molecule has 0 radical (unpaired) electrons. The molecule has 6 heteroatoms. The number of pyridine rings is 1. The molecule has 176 valence electrons. The van der Waals surface area contributed by atoms with Gasteiger partial charge in [-0.2, -0.15) is 0 Å². The standard InChI is InChI=1S/C27H35N3O3/c1-4-30(18-23-12-14-28-15-13-23)19-24-10-11-26(32-3)27(16-24)33-21-25(31)20-29(2)17-22-8-6-5-7-9-22/h5-16,25,31H,4,17-21H2,1-3H3. The molecule has 0 saturated carbocycles. The predicted molar refractivity (Wildman–Crippen MR) is 131 cm³/mol. The summed E-state index contributed by atoms with van der Waals surface area (Å²) in [6, 6.07) is 20.3. The highest BCUT2D eigenvalue weighted by atomic mass is 16.5. The summed E-state index contributed by atoms with van der Waals surface area (Å²) >= 11 is 0. The van der Waals surface area contributed by atoms with E-state index in [0.717, 1.165) is 31.7 Å². The van der Waals surface area contributed by atoms with Gasteiger partial charge in [0.2, 0.25) is 0 Å². The first-order chi connectivity index (χ1) is 16.1. The second-order valence-electron chi connectivity index (χ2n) is 8.29. The highest BCUT2D eigenvalue weighted by Gasteiger charge is 2.13. The van der Waals surface area contributed by atoms with E-state index in [1.165, 1.54) is 11.1 Å². The molecule has 2 aromatic carbocycles. The first-order valence-corrected chi connectivity index (χ1v) is 11.4. The van der Waals surface area contributed by atoms with Crippen LogP contribution in [0.2, 0.25) is 0 Å². The second-order valence-corrected chi connectivity index (χ2v) is 8.29. The minimum absolute atomic E-state index is 0.202. The number of aromatic nitrogens is 1. The Hall–Kier alpha value is -2.93. The molecule has 1 atom stereocenters. The summed E-state index contributed by atoms with van der Waals surface area (Å²) in [5, 5.41) is 10.5. The third-order valence-corrected chi connectivity index (χ3v) is 5.49.